The number of carbonyl (C=O) groups is 2. The smallest absolute Gasteiger partial charge is 0.422 e. The number of ether oxygens (including phenoxy) is 2. The highest BCUT2D eigenvalue weighted by Gasteiger charge is 2.31. The fraction of sp³-hybridized carbons (Fsp3) is 0.478. The molecule has 0 bridgehead atoms. The predicted octanol–water partition coefficient (Wildman–Crippen LogP) is 2.22. The molecule has 2 aromatic carbocycles. The molecule has 20 nitrogen and oxygen atoms in total. The number of alkyl halides is 6. The van der Waals surface area contributed by atoms with Gasteiger partial charge in [-0.1, -0.05) is 0 Å². The van der Waals surface area contributed by atoms with Crippen molar-refractivity contribution in [1.82, 2.24) is 28.4 Å². The minimum Gasteiger partial charge on any atom is -0.482 e. The van der Waals surface area contributed by atoms with Crippen LogP contribution in [0.1, 0.15) is 12.8 Å². The minimum absolute atomic E-state index is 0.0390. The molecule has 0 radical (unpaired) electrons. The summed E-state index contributed by atoms with van der Waals surface area (Å²) in [5.41, 5.74) is -2.92. The van der Waals surface area contributed by atoms with E-state index in [-0.39, 0.29) is 48.8 Å². The summed E-state index contributed by atoms with van der Waals surface area (Å²) in [6, 6.07) is 6.72. The molecule has 4 heterocycles. The lowest BCUT2D eigenvalue weighted by atomic mass is 10.2. The van der Waals surface area contributed by atoms with Gasteiger partial charge in [-0.2, -0.15) is 26.3 Å². The van der Waals surface area contributed by atoms with E-state index in [0.717, 1.165) is 45.8 Å². The fourth-order valence-corrected chi connectivity index (χ4v) is 8.04. The average molecular weight is 1060 g/mol. The first-order valence-electron chi connectivity index (χ1n) is 23.0. The van der Waals surface area contributed by atoms with Gasteiger partial charge in [-0.05, 0) is 50.2 Å². The first-order valence-corrected chi connectivity index (χ1v) is 23.0. The Balaban J connectivity index is 1.03. The normalized spacial score (nSPS) is 14.9. The van der Waals surface area contributed by atoms with Crippen LogP contribution >= 0.6 is 0 Å². The Kier molecular flexibility index (Phi) is 18.2. The number of aromatic nitrogens is 4. The second-order valence-electron chi connectivity index (χ2n) is 17.5. The van der Waals surface area contributed by atoms with Gasteiger partial charge in [-0.15, -0.1) is 9.46 Å². The molecule has 4 aromatic rings. The standard InChI is InChI=1S/C46H54F8N10O10/c1-55(2)35-27-63(43(69)61(41(35)67)15-5-13-57-17-21-59(22-18-57)33-9-7-31(47)25-37(33)71-29-45(49,50)51)73-39(65)11-12-40(66)74-64-28-36(56(3)4)42(68)62(44(64)70)16-6-14-58-19-23-60(24-20-58)34-10-8-32(48)26-38(34)72-30-46(52,53)54/h7-12,25-28H,5-6,13-24,29-30H2,1-4H3/b12-11+. The van der Waals surface area contributed by atoms with Crippen LogP contribution in [-0.2, 0) is 22.7 Å². The third-order valence-corrected chi connectivity index (χ3v) is 11.7. The van der Waals surface area contributed by atoms with Gasteiger partial charge in [0.05, 0.1) is 23.8 Å². The number of nitrogens with zero attached hydrogens (tertiary/aromatic N) is 10. The largest absolute Gasteiger partial charge is 0.482 e. The number of benzene rings is 2. The van der Waals surface area contributed by atoms with Crippen LogP contribution in [0.3, 0.4) is 0 Å². The summed E-state index contributed by atoms with van der Waals surface area (Å²) in [4.78, 5) is 100. The highest BCUT2D eigenvalue weighted by atomic mass is 19.4. The lowest BCUT2D eigenvalue weighted by Gasteiger charge is -2.36. The molecule has 0 atom stereocenters. The maximum Gasteiger partial charge on any atom is 0.422 e. The molecule has 2 fully saturated rings. The zero-order valence-corrected chi connectivity index (χ0v) is 40.7. The van der Waals surface area contributed by atoms with Gasteiger partial charge in [-0.3, -0.25) is 28.5 Å². The zero-order valence-electron chi connectivity index (χ0n) is 40.7. The van der Waals surface area contributed by atoms with E-state index in [1.807, 2.05) is 9.80 Å². The Bertz CT molecular complexity index is 2710. The molecule has 404 valence electrons. The number of halogens is 8. The molecular formula is C46H54F8N10O10. The van der Waals surface area contributed by atoms with Crippen molar-refractivity contribution in [1.29, 1.82) is 0 Å². The van der Waals surface area contributed by atoms with E-state index in [1.54, 1.807) is 9.80 Å². The highest BCUT2D eigenvalue weighted by molar-refractivity contribution is 5.91. The van der Waals surface area contributed by atoms with Crippen LogP contribution in [0.2, 0.25) is 0 Å². The van der Waals surface area contributed by atoms with E-state index in [1.165, 1.54) is 50.1 Å². The van der Waals surface area contributed by atoms with Gasteiger partial charge in [-0.25, -0.2) is 28.0 Å². The van der Waals surface area contributed by atoms with Crippen molar-refractivity contribution in [2.45, 2.75) is 38.3 Å². The number of hydrogen-bond donors (Lipinski definition) is 0. The quantitative estimate of drug-likeness (QED) is 0.0929. The van der Waals surface area contributed by atoms with Gasteiger partial charge in [0.1, 0.15) is 34.5 Å². The second kappa shape index (κ2) is 24.1. The lowest BCUT2D eigenvalue weighted by molar-refractivity contribution is -0.154. The third-order valence-electron chi connectivity index (χ3n) is 11.7. The van der Waals surface area contributed by atoms with Crippen LogP contribution in [0.5, 0.6) is 11.5 Å². The molecule has 0 aliphatic carbocycles. The van der Waals surface area contributed by atoms with Crippen molar-refractivity contribution in [3.63, 3.8) is 0 Å². The summed E-state index contributed by atoms with van der Waals surface area (Å²) in [7, 11) is 6.07. The van der Waals surface area contributed by atoms with Gasteiger partial charge in [0.15, 0.2) is 13.2 Å². The Hall–Kier alpha value is -7.36. The summed E-state index contributed by atoms with van der Waals surface area (Å²) >= 11 is 0. The summed E-state index contributed by atoms with van der Waals surface area (Å²) < 4.78 is 117. The van der Waals surface area contributed by atoms with E-state index in [9.17, 15) is 63.9 Å². The first-order chi connectivity index (χ1) is 34.9. The van der Waals surface area contributed by atoms with Crippen molar-refractivity contribution >= 4 is 34.7 Å². The van der Waals surface area contributed by atoms with Crippen LogP contribution < -0.4 is 61.2 Å². The summed E-state index contributed by atoms with van der Waals surface area (Å²) in [6.07, 6.45) is -5.52. The van der Waals surface area contributed by atoms with Crippen LogP contribution in [-0.4, -0.2) is 160 Å². The fourth-order valence-electron chi connectivity index (χ4n) is 8.04. The van der Waals surface area contributed by atoms with Crippen LogP contribution in [0, 0.1) is 11.6 Å². The number of carbonyl (C=O) groups excluding carboxylic acids is 2. The van der Waals surface area contributed by atoms with Gasteiger partial charge in [0.25, 0.3) is 11.1 Å². The summed E-state index contributed by atoms with van der Waals surface area (Å²) in [5.74, 6) is -4.52. The Labute approximate surface area is 416 Å². The van der Waals surface area contributed by atoms with Crippen molar-refractivity contribution < 1.29 is 63.9 Å². The van der Waals surface area contributed by atoms with E-state index in [0.29, 0.717) is 98.4 Å². The van der Waals surface area contributed by atoms with Crippen molar-refractivity contribution in [2.75, 3.05) is 126 Å². The zero-order chi connectivity index (χ0) is 54.1. The SMILES string of the molecule is CN(C)c1cn(OC(=O)/C=C/C(=O)On2cc(N(C)C)c(=O)n(CCCN3CCN(c4ccc(F)cc4OCC(F)(F)F)CC3)c2=O)c(=O)n(CCCN2CCN(c3ccc(F)cc3OCC(F)(F)F)CC2)c1=O. The molecule has 28 heteroatoms. The molecule has 6 rings (SSSR count). The predicted molar refractivity (Wildman–Crippen MR) is 253 cm³/mol. The van der Waals surface area contributed by atoms with E-state index in [4.69, 9.17) is 19.1 Å². The van der Waals surface area contributed by atoms with Crippen LogP contribution in [0.25, 0.3) is 0 Å². The highest BCUT2D eigenvalue weighted by Crippen LogP contribution is 2.33. The lowest BCUT2D eigenvalue weighted by Crippen LogP contribution is -2.48. The maximum atomic E-state index is 13.9. The molecule has 0 unspecified atom stereocenters. The molecule has 2 saturated heterocycles. The minimum atomic E-state index is -4.62. The Morgan fingerprint density at radius 1 is 0.554 bits per heavy atom. The molecule has 0 N–H and O–H groups in total. The van der Waals surface area contributed by atoms with Gasteiger partial charge in [0, 0.05) is 118 Å². The van der Waals surface area contributed by atoms with Crippen molar-refractivity contribution in [2.24, 2.45) is 0 Å². The number of piperazine rings is 2. The Morgan fingerprint density at radius 3 is 1.23 bits per heavy atom. The molecular weight excluding hydrogens is 1000 g/mol. The summed E-state index contributed by atoms with van der Waals surface area (Å²) in [6.45, 7) is 0.463. The van der Waals surface area contributed by atoms with Crippen LogP contribution in [0.4, 0.5) is 57.9 Å². The Morgan fingerprint density at radius 2 is 0.905 bits per heavy atom. The van der Waals surface area contributed by atoms with E-state index in [2.05, 4.69) is 0 Å². The second-order valence-corrected chi connectivity index (χ2v) is 17.5. The van der Waals surface area contributed by atoms with Gasteiger partial charge in [0.2, 0.25) is 0 Å². The average Bonchev–Trinajstić information content (AvgIpc) is 3.33. The monoisotopic (exact) mass is 1060 g/mol. The first kappa shape index (κ1) is 55.9. The van der Waals surface area contributed by atoms with Crippen molar-refractivity contribution in [3.05, 3.63) is 114 Å². The molecule has 0 spiro atoms. The molecule has 2 aliphatic rings. The van der Waals surface area contributed by atoms with Gasteiger partial charge < -0.3 is 38.7 Å². The maximum absolute atomic E-state index is 13.9. The molecule has 74 heavy (non-hydrogen) atoms. The molecule has 0 saturated carbocycles. The molecule has 2 aliphatic heterocycles. The molecule has 0 amide bonds. The topological polar surface area (TPSA) is 178 Å². The van der Waals surface area contributed by atoms with E-state index < -0.39 is 71.6 Å². The van der Waals surface area contributed by atoms with Crippen molar-refractivity contribution in [3.8, 4) is 11.5 Å². The van der Waals surface area contributed by atoms with E-state index >= 15 is 0 Å². The number of hydrogen-bond acceptors (Lipinski definition) is 16. The van der Waals surface area contributed by atoms with Gasteiger partial charge >= 0.3 is 35.7 Å². The summed E-state index contributed by atoms with van der Waals surface area (Å²) in [5, 5.41) is 0. The van der Waals surface area contributed by atoms with Crippen LogP contribution in [0.15, 0.2) is 80.1 Å². The molecule has 2 aromatic heterocycles. The number of anilines is 4. The number of rotatable bonds is 20. The third kappa shape index (κ3) is 15.1.